The summed E-state index contributed by atoms with van der Waals surface area (Å²) in [6.45, 7) is 3.63. The van der Waals surface area contributed by atoms with Crippen LogP contribution in [0.3, 0.4) is 0 Å². The van der Waals surface area contributed by atoms with Crippen LogP contribution in [0.2, 0.25) is 0 Å². The number of hydroxylamine groups is 2. The first-order valence-corrected chi connectivity index (χ1v) is 17.3. The maximum absolute atomic E-state index is 13.2. The number of hydrogen-bond acceptors (Lipinski definition) is 16. The topological polar surface area (TPSA) is 281 Å². The molecular formula is C25H29F3N10O11S3. The molecule has 2 fully saturated rings. The smallest absolute Gasteiger partial charge is 0.471 e. The summed E-state index contributed by atoms with van der Waals surface area (Å²) in [7, 11) is 1.08. The third-order valence-corrected chi connectivity index (χ3v) is 10.6. The first-order chi connectivity index (χ1) is 24.2. The fourth-order valence-corrected chi connectivity index (χ4v) is 8.02. The number of thioether (sulfide) groups is 2. The predicted octanol–water partition coefficient (Wildman–Crippen LogP) is 0.407. The number of thiazole rings is 1. The zero-order chi connectivity index (χ0) is 38.8. The average molecular weight is 799 g/mol. The molecule has 2 aromatic heterocycles. The number of alkyl halides is 3. The second-order valence-electron chi connectivity index (χ2n) is 11.9. The van der Waals surface area contributed by atoms with Gasteiger partial charge in [0.2, 0.25) is 11.1 Å². The van der Waals surface area contributed by atoms with Crippen LogP contribution in [0, 0.1) is 5.41 Å². The number of β-lactam (4-membered cyclic amide) rings is 1. The average Bonchev–Trinajstić information content (AvgIpc) is 3.70. The second-order valence-corrected chi connectivity index (χ2v) is 14.8. The van der Waals surface area contributed by atoms with Crippen LogP contribution in [-0.2, 0) is 40.2 Å². The number of anilines is 1. The Bertz CT molecular complexity index is 1770. The number of amides is 4. The molecule has 0 spiro atoms. The number of aromatic nitrogens is 5. The van der Waals surface area contributed by atoms with Gasteiger partial charge in [0.1, 0.15) is 29.6 Å². The summed E-state index contributed by atoms with van der Waals surface area (Å²) in [4.78, 5) is 89.0. The number of nitrogens with one attached hydrogen (secondary N) is 2. The summed E-state index contributed by atoms with van der Waals surface area (Å²) < 4.78 is 38.8. The van der Waals surface area contributed by atoms with E-state index in [1.807, 2.05) is 0 Å². The van der Waals surface area contributed by atoms with Crippen LogP contribution in [-0.4, -0.2) is 146 Å². The summed E-state index contributed by atoms with van der Waals surface area (Å²) in [5.74, 6) is -7.08. The van der Waals surface area contributed by atoms with Gasteiger partial charge in [-0.15, -0.1) is 28.2 Å². The Kier molecular flexibility index (Phi) is 11.9. The molecule has 0 aliphatic carbocycles. The van der Waals surface area contributed by atoms with Crippen LogP contribution in [0.15, 0.2) is 15.7 Å². The number of hydrogen-bond donors (Lipinski definition) is 5. The Morgan fingerprint density at radius 1 is 1.21 bits per heavy atom. The lowest BCUT2D eigenvalue weighted by Gasteiger charge is -2.53. The number of halogens is 3. The Morgan fingerprint density at radius 2 is 1.90 bits per heavy atom. The number of carbonyl (C=O) groups excluding carboxylic acids is 3. The van der Waals surface area contributed by atoms with Crippen molar-refractivity contribution < 1.29 is 66.9 Å². The molecule has 2 aliphatic rings. The summed E-state index contributed by atoms with van der Waals surface area (Å²) in [5.41, 5.74) is -3.45. The van der Waals surface area contributed by atoms with E-state index in [1.165, 1.54) is 25.7 Å². The van der Waals surface area contributed by atoms with Crippen molar-refractivity contribution in [3.63, 3.8) is 0 Å². The number of fused-ring (bicyclic) bond motifs is 1. The van der Waals surface area contributed by atoms with Gasteiger partial charge in [-0.1, -0.05) is 16.9 Å². The summed E-state index contributed by atoms with van der Waals surface area (Å²) in [6, 6.07) is -2.96. The van der Waals surface area contributed by atoms with Crippen molar-refractivity contribution in [2.24, 2.45) is 10.6 Å². The number of rotatable bonds is 14. The third kappa shape index (κ3) is 8.99. The fraction of sp³-hybridized carbons (Fsp3) is 0.560. The molecule has 21 nitrogen and oxygen atoms in total. The molecule has 4 amide bonds. The van der Waals surface area contributed by atoms with E-state index >= 15 is 0 Å². The molecule has 0 aromatic carbocycles. The van der Waals surface area contributed by atoms with Crippen molar-refractivity contribution in [2.45, 2.75) is 61.7 Å². The van der Waals surface area contributed by atoms with Crippen molar-refractivity contribution in [1.29, 1.82) is 0 Å². The monoisotopic (exact) mass is 798 g/mol. The number of oxime groups is 1. The largest absolute Gasteiger partial charge is 0.481 e. The Labute approximate surface area is 302 Å². The molecule has 3 unspecified atom stereocenters. The second kappa shape index (κ2) is 15.5. The maximum atomic E-state index is 13.2. The standard InChI is InChI=1S/C25H29F3N10O11S3/c1-23(2,3)49-38(22(46)47)11(17(41)42)5-37-21(32-34-35-37)52-9-24(19(44)45)7-36-15(40)13(16(36)51-8-24)30-14(39)12(33-48-4)10-6-50-20(29-10)31-18(43)25(26,27)28/h6,11,13,16H,5,7-9H2,1-4H3,(H,30,39)(H,41,42)(H,44,45)(H,46,47)(H,29,31,43)/t11?,13?,16-,24?/m1/s1. The molecule has 4 heterocycles. The van der Waals surface area contributed by atoms with Gasteiger partial charge in [-0.25, -0.2) is 19.3 Å². The van der Waals surface area contributed by atoms with E-state index < -0.39 is 87.8 Å². The van der Waals surface area contributed by atoms with Crippen molar-refractivity contribution in [2.75, 3.05) is 30.5 Å². The highest BCUT2D eigenvalue weighted by Gasteiger charge is 2.58. The molecule has 52 heavy (non-hydrogen) atoms. The van der Waals surface area contributed by atoms with Crippen LogP contribution >= 0.6 is 34.9 Å². The van der Waals surface area contributed by atoms with Gasteiger partial charge in [0, 0.05) is 23.4 Å². The number of tetrazole rings is 1. The lowest BCUT2D eigenvalue weighted by atomic mass is 9.89. The highest BCUT2D eigenvalue weighted by atomic mass is 32.2. The van der Waals surface area contributed by atoms with E-state index in [2.05, 4.69) is 35.8 Å². The molecule has 0 saturated carbocycles. The zero-order valence-corrected chi connectivity index (χ0v) is 29.6. The summed E-state index contributed by atoms with van der Waals surface area (Å²) >= 11 is 2.44. The van der Waals surface area contributed by atoms with Crippen molar-refractivity contribution in [3.05, 3.63) is 11.1 Å². The highest BCUT2D eigenvalue weighted by molar-refractivity contribution is 8.00. The predicted molar refractivity (Wildman–Crippen MR) is 171 cm³/mol. The SMILES string of the molecule is CON=C(C(=O)NC1C(=O)N2CC(CSc3nnnn3CC(C(=O)O)N(OC(C)(C)C)C(=O)O)(C(=O)O)CS[C@H]12)c1csc(NC(=O)C(F)(F)F)n1. The quantitative estimate of drug-likeness (QED) is 0.0749. The third-order valence-electron chi connectivity index (χ3n) is 6.96. The molecule has 0 radical (unpaired) electrons. The Hall–Kier alpha value is -4.76. The van der Waals surface area contributed by atoms with Crippen molar-refractivity contribution in [1.82, 2.24) is 40.5 Å². The van der Waals surface area contributed by atoms with E-state index in [0.717, 1.165) is 40.7 Å². The molecule has 4 atom stereocenters. The first-order valence-electron chi connectivity index (χ1n) is 14.4. The van der Waals surface area contributed by atoms with Gasteiger partial charge in [-0.3, -0.25) is 29.3 Å². The zero-order valence-electron chi connectivity index (χ0n) is 27.2. The molecule has 27 heteroatoms. The van der Waals surface area contributed by atoms with Gasteiger partial charge in [0.15, 0.2) is 16.9 Å². The van der Waals surface area contributed by atoms with Crippen LogP contribution in [0.4, 0.5) is 23.1 Å². The van der Waals surface area contributed by atoms with Gasteiger partial charge >= 0.3 is 30.1 Å². The molecule has 2 saturated heterocycles. The number of carboxylic acid groups (broad SMARTS) is 3. The minimum absolute atomic E-state index is 0.0479. The van der Waals surface area contributed by atoms with Crippen LogP contribution in [0.25, 0.3) is 0 Å². The molecule has 2 aromatic rings. The summed E-state index contributed by atoms with van der Waals surface area (Å²) in [5, 5.41) is 48.4. The van der Waals surface area contributed by atoms with Gasteiger partial charge in [-0.05, 0) is 31.2 Å². The molecule has 284 valence electrons. The minimum Gasteiger partial charge on any atom is -0.481 e. The molecule has 5 N–H and O–H groups in total. The molecule has 0 bridgehead atoms. The first kappa shape index (κ1) is 40.0. The molecule has 2 aliphatic heterocycles. The van der Waals surface area contributed by atoms with Gasteiger partial charge in [0.05, 0.1) is 12.1 Å². The lowest BCUT2D eigenvalue weighted by molar-refractivity contribution is -0.228. The van der Waals surface area contributed by atoms with E-state index in [-0.39, 0.29) is 34.0 Å². The van der Waals surface area contributed by atoms with Crippen LogP contribution in [0.1, 0.15) is 26.5 Å². The van der Waals surface area contributed by atoms with Crippen LogP contribution < -0.4 is 10.6 Å². The molecule has 4 rings (SSSR count). The molecular weight excluding hydrogens is 770 g/mol. The summed E-state index contributed by atoms with van der Waals surface area (Å²) in [6.07, 6.45) is -6.88. The fourth-order valence-electron chi connectivity index (χ4n) is 4.58. The maximum Gasteiger partial charge on any atom is 0.471 e. The van der Waals surface area contributed by atoms with Crippen molar-refractivity contribution in [3.8, 4) is 0 Å². The van der Waals surface area contributed by atoms with Crippen LogP contribution in [0.5, 0.6) is 0 Å². The number of carbonyl (C=O) groups is 6. The van der Waals surface area contributed by atoms with E-state index in [1.54, 1.807) is 5.32 Å². The van der Waals surface area contributed by atoms with Gasteiger partial charge < -0.3 is 30.4 Å². The van der Waals surface area contributed by atoms with E-state index in [0.29, 0.717) is 11.3 Å². The number of aliphatic carboxylic acids is 2. The number of carboxylic acids is 2. The Morgan fingerprint density at radius 3 is 2.48 bits per heavy atom. The van der Waals surface area contributed by atoms with Gasteiger partial charge in [0.25, 0.3) is 5.91 Å². The lowest BCUT2D eigenvalue weighted by Crippen LogP contribution is -2.74. The highest BCUT2D eigenvalue weighted by Crippen LogP contribution is 2.44. The number of nitrogens with zero attached hydrogens (tertiary/aromatic N) is 8. The normalized spacial score (nSPS) is 21.0. The Balaban J connectivity index is 1.42. The van der Waals surface area contributed by atoms with Crippen molar-refractivity contribution >= 4 is 81.5 Å². The minimum atomic E-state index is -5.19. The van der Waals surface area contributed by atoms with Gasteiger partial charge in [-0.2, -0.15) is 18.2 Å². The van der Waals surface area contributed by atoms with E-state index in [4.69, 9.17) is 4.84 Å². The van der Waals surface area contributed by atoms with E-state index in [9.17, 15) is 57.3 Å².